The van der Waals surface area contributed by atoms with Crippen LogP contribution in [-0.2, 0) is 10.5 Å². The Morgan fingerprint density at radius 2 is 1.86 bits per heavy atom. The second-order valence-electron chi connectivity index (χ2n) is 4.76. The van der Waals surface area contributed by atoms with E-state index in [-0.39, 0.29) is 17.0 Å². The Kier molecular flexibility index (Phi) is 5.56. The van der Waals surface area contributed by atoms with Crippen molar-refractivity contribution in [3.63, 3.8) is 0 Å². The first-order valence-corrected chi connectivity index (χ1v) is 7.80. The van der Waals surface area contributed by atoms with E-state index in [2.05, 4.69) is 11.4 Å². The van der Waals surface area contributed by atoms with Gasteiger partial charge in [0, 0.05) is 11.4 Å². The van der Waals surface area contributed by atoms with Crippen LogP contribution in [-0.4, -0.2) is 11.2 Å². The molecule has 1 amide bonds. The van der Waals surface area contributed by atoms with Crippen molar-refractivity contribution >= 4 is 23.4 Å². The molecule has 0 radical (unpaired) electrons. The molecule has 1 N–H and O–H groups in total. The first-order chi connectivity index (χ1) is 10.6. The average Bonchev–Trinajstić information content (AvgIpc) is 2.55. The average molecular weight is 314 g/mol. The number of hydrogen-bond acceptors (Lipinski definition) is 3. The zero-order valence-electron chi connectivity index (χ0n) is 12.0. The van der Waals surface area contributed by atoms with Gasteiger partial charge in [0.05, 0.1) is 16.9 Å². The van der Waals surface area contributed by atoms with Gasteiger partial charge in [0.15, 0.2) is 0 Å². The number of benzene rings is 2. The van der Waals surface area contributed by atoms with Gasteiger partial charge < -0.3 is 5.32 Å². The number of rotatable bonds is 5. The zero-order valence-corrected chi connectivity index (χ0v) is 12.9. The van der Waals surface area contributed by atoms with Gasteiger partial charge in [-0.25, -0.2) is 4.39 Å². The zero-order chi connectivity index (χ0) is 15.9. The molecule has 5 heteroatoms. The predicted octanol–water partition coefficient (Wildman–Crippen LogP) is 3.96. The number of hydrogen-bond donors (Lipinski definition) is 1. The van der Waals surface area contributed by atoms with Crippen LogP contribution in [0.3, 0.4) is 0 Å². The second-order valence-corrected chi connectivity index (χ2v) is 6.09. The van der Waals surface area contributed by atoms with Crippen molar-refractivity contribution in [3.05, 3.63) is 65.5 Å². The fraction of sp³-hybridized carbons (Fsp3) is 0.176. The first-order valence-electron chi connectivity index (χ1n) is 6.75. The van der Waals surface area contributed by atoms with Gasteiger partial charge in [-0.05, 0) is 48.9 Å². The number of nitriles is 1. The molecule has 0 saturated heterocycles. The molecular formula is C17H15FN2OS. The van der Waals surface area contributed by atoms with E-state index in [4.69, 9.17) is 5.26 Å². The lowest BCUT2D eigenvalue weighted by Crippen LogP contribution is -2.22. The summed E-state index contributed by atoms with van der Waals surface area (Å²) >= 11 is 1.50. The van der Waals surface area contributed by atoms with Crippen molar-refractivity contribution in [2.24, 2.45) is 0 Å². The summed E-state index contributed by atoms with van der Waals surface area (Å²) in [6.45, 7) is 1.83. The molecule has 0 heterocycles. The minimum Gasteiger partial charge on any atom is -0.325 e. The smallest absolute Gasteiger partial charge is 0.237 e. The monoisotopic (exact) mass is 314 g/mol. The molecule has 1 atom stereocenters. The van der Waals surface area contributed by atoms with E-state index in [0.717, 1.165) is 5.56 Å². The van der Waals surface area contributed by atoms with Gasteiger partial charge >= 0.3 is 0 Å². The number of nitrogens with zero attached hydrogens (tertiary/aromatic N) is 1. The Balaban J connectivity index is 1.85. The Labute approximate surface area is 133 Å². The Morgan fingerprint density at radius 3 is 2.45 bits per heavy atom. The van der Waals surface area contributed by atoms with Crippen LogP contribution < -0.4 is 5.32 Å². The molecule has 1 unspecified atom stereocenters. The van der Waals surface area contributed by atoms with Crippen LogP contribution in [0.4, 0.5) is 10.1 Å². The van der Waals surface area contributed by atoms with E-state index in [9.17, 15) is 9.18 Å². The minimum absolute atomic E-state index is 0.120. The number of thioether (sulfide) groups is 1. The highest BCUT2D eigenvalue weighted by molar-refractivity contribution is 7.99. The SMILES string of the molecule is CC(SCc1ccc(C#N)cc1)C(=O)Nc1ccc(F)cc1. The maximum absolute atomic E-state index is 12.8. The van der Waals surface area contributed by atoms with Crippen molar-refractivity contribution < 1.29 is 9.18 Å². The predicted molar refractivity (Wildman–Crippen MR) is 86.9 cm³/mol. The fourth-order valence-electron chi connectivity index (χ4n) is 1.75. The van der Waals surface area contributed by atoms with Gasteiger partial charge in [0.1, 0.15) is 5.82 Å². The molecule has 0 aliphatic heterocycles. The second kappa shape index (κ2) is 7.62. The number of amides is 1. The number of nitrogens with one attached hydrogen (secondary N) is 1. The normalized spacial score (nSPS) is 11.5. The highest BCUT2D eigenvalue weighted by atomic mass is 32.2. The topological polar surface area (TPSA) is 52.9 Å². The Bertz CT molecular complexity index is 677. The summed E-state index contributed by atoms with van der Waals surface area (Å²) < 4.78 is 12.8. The third-order valence-corrected chi connectivity index (χ3v) is 4.28. The summed E-state index contributed by atoms with van der Waals surface area (Å²) in [4.78, 5) is 12.1. The standard InChI is InChI=1S/C17H15FN2OS/c1-12(17(21)20-16-8-6-15(18)7-9-16)22-11-14-4-2-13(10-19)3-5-14/h2-9,12H,11H2,1H3,(H,20,21). The van der Waals surface area contributed by atoms with Crippen LogP contribution >= 0.6 is 11.8 Å². The molecule has 2 aromatic carbocycles. The fourth-order valence-corrected chi connectivity index (χ4v) is 2.59. The lowest BCUT2D eigenvalue weighted by molar-refractivity contribution is -0.115. The summed E-state index contributed by atoms with van der Waals surface area (Å²) in [5.41, 5.74) is 2.26. The maximum atomic E-state index is 12.8. The van der Waals surface area contributed by atoms with Gasteiger partial charge in [-0.1, -0.05) is 12.1 Å². The molecule has 0 spiro atoms. The molecule has 0 bridgehead atoms. The molecule has 2 rings (SSSR count). The van der Waals surface area contributed by atoms with Crippen LogP contribution in [0.25, 0.3) is 0 Å². The van der Waals surface area contributed by atoms with E-state index in [0.29, 0.717) is 17.0 Å². The summed E-state index contributed by atoms with van der Waals surface area (Å²) in [6.07, 6.45) is 0. The van der Waals surface area contributed by atoms with E-state index >= 15 is 0 Å². The molecule has 0 aliphatic carbocycles. The summed E-state index contributed by atoms with van der Waals surface area (Å²) in [5, 5.41) is 11.3. The molecule has 0 aromatic heterocycles. The number of carbonyl (C=O) groups excluding carboxylic acids is 1. The van der Waals surface area contributed by atoms with Crippen molar-refractivity contribution in [2.75, 3.05) is 5.32 Å². The minimum atomic E-state index is -0.332. The van der Waals surface area contributed by atoms with Crippen LogP contribution in [0.5, 0.6) is 0 Å². The Hall–Kier alpha value is -2.32. The third-order valence-electron chi connectivity index (χ3n) is 3.06. The lowest BCUT2D eigenvalue weighted by atomic mass is 10.2. The van der Waals surface area contributed by atoms with E-state index in [1.54, 1.807) is 12.1 Å². The summed E-state index contributed by atoms with van der Waals surface area (Å²) in [5.74, 6) is 0.232. The van der Waals surface area contributed by atoms with Crippen molar-refractivity contribution in [2.45, 2.75) is 17.9 Å². The van der Waals surface area contributed by atoms with E-state index in [1.165, 1.54) is 36.0 Å². The van der Waals surface area contributed by atoms with Gasteiger partial charge in [0.2, 0.25) is 5.91 Å². The van der Waals surface area contributed by atoms with Crippen LogP contribution in [0.2, 0.25) is 0 Å². The molecular weight excluding hydrogens is 299 g/mol. The van der Waals surface area contributed by atoms with Crippen molar-refractivity contribution in [3.8, 4) is 6.07 Å². The Morgan fingerprint density at radius 1 is 1.23 bits per heavy atom. The first kappa shape index (κ1) is 16.1. The molecule has 3 nitrogen and oxygen atoms in total. The van der Waals surface area contributed by atoms with Gasteiger partial charge in [-0.3, -0.25) is 4.79 Å². The van der Waals surface area contributed by atoms with Crippen LogP contribution in [0, 0.1) is 17.1 Å². The molecule has 112 valence electrons. The number of halogens is 1. The number of carbonyl (C=O) groups is 1. The maximum Gasteiger partial charge on any atom is 0.237 e. The van der Waals surface area contributed by atoms with Gasteiger partial charge in [-0.2, -0.15) is 5.26 Å². The van der Waals surface area contributed by atoms with Gasteiger partial charge in [0.25, 0.3) is 0 Å². The number of anilines is 1. The highest BCUT2D eigenvalue weighted by Gasteiger charge is 2.13. The molecule has 0 saturated carbocycles. The highest BCUT2D eigenvalue weighted by Crippen LogP contribution is 2.20. The van der Waals surface area contributed by atoms with Gasteiger partial charge in [-0.15, -0.1) is 11.8 Å². The molecule has 0 aliphatic rings. The molecule has 2 aromatic rings. The van der Waals surface area contributed by atoms with Crippen LogP contribution in [0.15, 0.2) is 48.5 Å². The van der Waals surface area contributed by atoms with Crippen LogP contribution in [0.1, 0.15) is 18.1 Å². The largest absolute Gasteiger partial charge is 0.325 e. The lowest BCUT2D eigenvalue weighted by Gasteiger charge is -2.12. The van der Waals surface area contributed by atoms with E-state index in [1.807, 2.05) is 19.1 Å². The molecule has 0 fully saturated rings. The quantitative estimate of drug-likeness (QED) is 0.909. The van der Waals surface area contributed by atoms with Crippen molar-refractivity contribution in [1.82, 2.24) is 0 Å². The van der Waals surface area contributed by atoms with E-state index < -0.39 is 0 Å². The summed E-state index contributed by atoms with van der Waals surface area (Å²) in [7, 11) is 0. The van der Waals surface area contributed by atoms with Crippen molar-refractivity contribution in [1.29, 1.82) is 5.26 Å². The molecule has 22 heavy (non-hydrogen) atoms. The summed E-state index contributed by atoms with van der Waals surface area (Å²) in [6, 6.07) is 15.1. The third kappa shape index (κ3) is 4.61.